The first-order chi connectivity index (χ1) is 7.31. The molecule has 1 atom stereocenters. The van der Waals surface area contributed by atoms with E-state index < -0.39 is 21.7 Å². The van der Waals surface area contributed by atoms with Gasteiger partial charge in [-0.2, -0.15) is 4.31 Å². The molecule has 1 aliphatic rings. The maximum Gasteiger partial charge on any atom is 0.320 e. The molecule has 0 bridgehead atoms. The number of nitrogens with one attached hydrogen (secondary N) is 1. The summed E-state index contributed by atoms with van der Waals surface area (Å²) in [6, 6.07) is -0.221. The Morgan fingerprint density at radius 3 is 2.62 bits per heavy atom. The van der Waals surface area contributed by atoms with Gasteiger partial charge in [0.2, 0.25) is 15.9 Å². The second-order valence-corrected chi connectivity index (χ2v) is 5.66. The lowest BCUT2D eigenvalue weighted by Crippen LogP contribution is -2.39. The Morgan fingerprint density at radius 2 is 2.12 bits per heavy atom. The first kappa shape index (κ1) is 12.9. The zero-order valence-corrected chi connectivity index (χ0v) is 9.66. The van der Waals surface area contributed by atoms with Crippen LogP contribution in [0.2, 0.25) is 0 Å². The molecule has 8 heteroatoms. The average molecular weight is 250 g/mol. The molecule has 0 spiro atoms. The zero-order valence-electron chi connectivity index (χ0n) is 8.84. The highest BCUT2D eigenvalue weighted by atomic mass is 32.2. The SMILES string of the molecule is CC(=O)NC1CCN(S(=O)(=O)CC(=O)O)C1. The van der Waals surface area contributed by atoms with Crippen molar-refractivity contribution in [1.29, 1.82) is 0 Å². The zero-order chi connectivity index (χ0) is 12.3. The monoisotopic (exact) mass is 250 g/mol. The van der Waals surface area contributed by atoms with Crippen LogP contribution in [0.1, 0.15) is 13.3 Å². The number of hydrogen-bond acceptors (Lipinski definition) is 4. The molecule has 1 aliphatic heterocycles. The van der Waals surface area contributed by atoms with Gasteiger partial charge in [-0.25, -0.2) is 8.42 Å². The lowest BCUT2D eigenvalue weighted by molar-refractivity contribution is -0.134. The van der Waals surface area contributed by atoms with Crippen molar-refractivity contribution in [3.8, 4) is 0 Å². The quantitative estimate of drug-likeness (QED) is 0.639. The minimum absolute atomic E-state index is 0.148. The predicted octanol–water partition coefficient (Wildman–Crippen LogP) is -1.39. The van der Waals surface area contributed by atoms with Crippen molar-refractivity contribution in [1.82, 2.24) is 9.62 Å². The predicted molar refractivity (Wildman–Crippen MR) is 55.2 cm³/mol. The fraction of sp³-hybridized carbons (Fsp3) is 0.750. The van der Waals surface area contributed by atoms with Crippen molar-refractivity contribution in [2.45, 2.75) is 19.4 Å². The molecule has 0 aromatic heterocycles. The molecule has 1 rings (SSSR count). The Labute approximate surface area is 93.5 Å². The summed E-state index contributed by atoms with van der Waals surface area (Å²) >= 11 is 0. The van der Waals surface area contributed by atoms with E-state index in [1.54, 1.807) is 0 Å². The van der Waals surface area contributed by atoms with E-state index in [0.29, 0.717) is 6.42 Å². The Bertz CT molecular complexity index is 391. The van der Waals surface area contributed by atoms with Crippen LogP contribution in [-0.4, -0.2) is 54.6 Å². The fourth-order valence-electron chi connectivity index (χ4n) is 1.63. The summed E-state index contributed by atoms with van der Waals surface area (Å²) in [6.07, 6.45) is 0.512. The van der Waals surface area contributed by atoms with E-state index in [-0.39, 0.29) is 25.0 Å². The normalized spacial score (nSPS) is 21.9. The molecule has 1 unspecified atom stereocenters. The third kappa shape index (κ3) is 3.46. The molecular formula is C8H14N2O5S. The largest absolute Gasteiger partial charge is 0.480 e. The third-order valence-corrected chi connectivity index (χ3v) is 3.99. The molecule has 7 nitrogen and oxygen atoms in total. The van der Waals surface area contributed by atoms with Gasteiger partial charge in [-0.3, -0.25) is 9.59 Å². The topological polar surface area (TPSA) is 104 Å². The van der Waals surface area contributed by atoms with E-state index in [0.717, 1.165) is 4.31 Å². The molecule has 92 valence electrons. The molecule has 0 aliphatic carbocycles. The number of carbonyl (C=O) groups excluding carboxylic acids is 1. The van der Waals surface area contributed by atoms with Gasteiger partial charge in [0.1, 0.15) is 0 Å². The molecule has 0 aromatic rings. The van der Waals surface area contributed by atoms with E-state index >= 15 is 0 Å². The van der Waals surface area contributed by atoms with Crippen molar-refractivity contribution < 1.29 is 23.1 Å². The number of amides is 1. The van der Waals surface area contributed by atoms with Gasteiger partial charge < -0.3 is 10.4 Å². The van der Waals surface area contributed by atoms with Gasteiger partial charge in [0.25, 0.3) is 0 Å². The van der Waals surface area contributed by atoms with Gasteiger partial charge >= 0.3 is 5.97 Å². The van der Waals surface area contributed by atoms with Crippen LogP contribution >= 0.6 is 0 Å². The highest BCUT2D eigenvalue weighted by Gasteiger charge is 2.32. The van der Waals surface area contributed by atoms with Gasteiger partial charge in [-0.1, -0.05) is 0 Å². The molecule has 0 saturated carbocycles. The van der Waals surface area contributed by atoms with E-state index in [1.807, 2.05) is 0 Å². The molecule has 0 radical (unpaired) electrons. The minimum Gasteiger partial charge on any atom is -0.480 e. The summed E-state index contributed by atoms with van der Waals surface area (Å²) in [4.78, 5) is 21.1. The number of sulfonamides is 1. The minimum atomic E-state index is -3.75. The van der Waals surface area contributed by atoms with Gasteiger partial charge in [0, 0.05) is 26.1 Å². The Kier molecular flexibility index (Phi) is 3.87. The Balaban J connectivity index is 2.59. The van der Waals surface area contributed by atoms with Crippen LogP contribution in [0, 0.1) is 0 Å². The summed E-state index contributed by atoms with van der Waals surface area (Å²) in [5.74, 6) is -2.50. The number of hydrogen-bond donors (Lipinski definition) is 2. The maximum absolute atomic E-state index is 11.5. The number of carboxylic acids is 1. The second-order valence-electron chi connectivity index (χ2n) is 3.69. The number of nitrogens with zero attached hydrogens (tertiary/aromatic N) is 1. The van der Waals surface area contributed by atoms with Crippen molar-refractivity contribution in [3.05, 3.63) is 0 Å². The van der Waals surface area contributed by atoms with Crippen molar-refractivity contribution in [2.24, 2.45) is 0 Å². The van der Waals surface area contributed by atoms with Gasteiger partial charge in [-0.15, -0.1) is 0 Å². The van der Waals surface area contributed by atoms with Crippen molar-refractivity contribution in [3.63, 3.8) is 0 Å². The van der Waals surface area contributed by atoms with Crippen LogP contribution in [0.5, 0.6) is 0 Å². The highest BCUT2D eigenvalue weighted by molar-refractivity contribution is 7.89. The smallest absolute Gasteiger partial charge is 0.320 e. The molecule has 16 heavy (non-hydrogen) atoms. The fourth-order valence-corrected chi connectivity index (χ4v) is 2.92. The Hall–Kier alpha value is -1.15. The first-order valence-corrected chi connectivity index (χ1v) is 6.39. The summed E-state index contributed by atoms with van der Waals surface area (Å²) in [6.45, 7) is 1.75. The summed E-state index contributed by atoms with van der Waals surface area (Å²) in [7, 11) is -3.75. The third-order valence-electron chi connectivity index (χ3n) is 2.26. The van der Waals surface area contributed by atoms with Crippen LogP contribution in [0.15, 0.2) is 0 Å². The molecule has 1 saturated heterocycles. The number of aliphatic carboxylic acids is 1. The van der Waals surface area contributed by atoms with Crippen molar-refractivity contribution in [2.75, 3.05) is 18.8 Å². The Morgan fingerprint density at radius 1 is 1.50 bits per heavy atom. The molecule has 1 heterocycles. The molecular weight excluding hydrogens is 236 g/mol. The van der Waals surface area contributed by atoms with Gasteiger partial charge in [0.05, 0.1) is 0 Å². The van der Waals surface area contributed by atoms with Crippen LogP contribution < -0.4 is 5.32 Å². The van der Waals surface area contributed by atoms with E-state index in [2.05, 4.69) is 5.32 Å². The van der Waals surface area contributed by atoms with Gasteiger partial charge in [0.15, 0.2) is 5.75 Å². The van der Waals surface area contributed by atoms with Crippen LogP contribution in [0.25, 0.3) is 0 Å². The molecule has 1 amide bonds. The summed E-state index contributed by atoms with van der Waals surface area (Å²) < 4.78 is 24.1. The van der Waals surface area contributed by atoms with Gasteiger partial charge in [-0.05, 0) is 6.42 Å². The number of carboxylic acid groups (broad SMARTS) is 1. The summed E-state index contributed by atoms with van der Waals surface area (Å²) in [5.41, 5.74) is 0. The van der Waals surface area contributed by atoms with Crippen LogP contribution in [-0.2, 0) is 19.6 Å². The standard InChI is InChI=1S/C8H14N2O5S/c1-6(11)9-7-2-3-10(4-7)16(14,15)5-8(12)13/h7H,2-5H2,1H3,(H,9,11)(H,12,13). The van der Waals surface area contributed by atoms with Crippen LogP contribution in [0.3, 0.4) is 0 Å². The van der Waals surface area contributed by atoms with E-state index in [1.165, 1.54) is 6.92 Å². The lowest BCUT2D eigenvalue weighted by Gasteiger charge is -2.15. The van der Waals surface area contributed by atoms with Crippen molar-refractivity contribution >= 4 is 21.9 Å². The molecule has 0 aromatic carbocycles. The lowest BCUT2D eigenvalue weighted by atomic mass is 10.3. The average Bonchev–Trinajstić information content (AvgIpc) is 2.49. The summed E-state index contributed by atoms with van der Waals surface area (Å²) in [5, 5.41) is 11.0. The maximum atomic E-state index is 11.5. The second kappa shape index (κ2) is 4.79. The van der Waals surface area contributed by atoms with Crippen LogP contribution in [0.4, 0.5) is 0 Å². The number of rotatable bonds is 4. The number of carbonyl (C=O) groups is 2. The van der Waals surface area contributed by atoms with E-state index in [4.69, 9.17) is 5.11 Å². The highest BCUT2D eigenvalue weighted by Crippen LogP contribution is 2.14. The first-order valence-electron chi connectivity index (χ1n) is 4.78. The van der Waals surface area contributed by atoms with E-state index in [9.17, 15) is 18.0 Å². The molecule has 2 N–H and O–H groups in total. The molecule has 1 fully saturated rings.